The third-order valence-electron chi connectivity index (χ3n) is 4.04. The molecule has 3 aromatic rings. The van der Waals surface area contributed by atoms with E-state index in [1.165, 1.54) is 19.1 Å². The van der Waals surface area contributed by atoms with E-state index in [0.29, 0.717) is 5.56 Å². The summed E-state index contributed by atoms with van der Waals surface area (Å²) in [4.78, 5) is 35.5. The van der Waals surface area contributed by atoms with Crippen molar-refractivity contribution in [2.45, 2.75) is 20.0 Å². The van der Waals surface area contributed by atoms with Gasteiger partial charge in [0.2, 0.25) is 11.8 Å². The van der Waals surface area contributed by atoms with Gasteiger partial charge in [-0.25, -0.2) is 4.79 Å². The summed E-state index contributed by atoms with van der Waals surface area (Å²) in [5.74, 6) is -2.11. The Labute approximate surface area is 174 Å². The van der Waals surface area contributed by atoms with Crippen LogP contribution in [0.25, 0.3) is 11.3 Å². The molecule has 10 heteroatoms. The lowest BCUT2D eigenvalue weighted by Crippen LogP contribution is -2.13. The van der Waals surface area contributed by atoms with Crippen LogP contribution in [-0.2, 0) is 11.0 Å². The maximum atomic E-state index is 12.7. The molecule has 1 heterocycles. The SMILES string of the molecule is CC(=O)Oc1cc(-c2ccccc2OC(=O)c2ccc(C(F)(F)F)cc2)nn1C(C)=O. The van der Waals surface area contributed by atoms with Crippen molar-refractivity contribution >= 4 is 17.8 Å². The Hall–Kier alpha value is -3.95. The van der Waals surface area contributed by atoms with Gasteiger partial charge in [0.25, 0.3) is 0 Å². The van der Waals surface area contributed by atoms with E-state index in [-0.39, 0.29) is 22.9 Å². The molecule has 31 heavy (non-hydrogen) atoms. The van der Waals surface area contributed by atoms with Gasteiger partial charge in [0, 0.05) is 25.5 Å². The highest BCUT2D eigenvalue weighted by Gasteiger charge is 2.30. The zero-order chi connectivity index (χ0) is 22.8. The van der Waals surface area contributed by atoms with E-state index in [1.807, 2.05) is 0 Å². The number of halogens is 3. The molecule has 0 spiro atoms. The van der Waals surface area contributed by atoms with Crippen LogP contribution in [0, 0.1) is 0 Å². The van der Waals surface area contributed by atoms with Crippen LogP contribution in [0.5, 0.6) is 11.6 Å². The molecule has 0 fully saturated rings. The van der Waals surface area contributed by atoms with Gasteiger partial charge in [0.05, 0.1) is 11.1 Å². The Morgan fingerprint density at radius 3 is 2.16 bits per heavy atom. The molecule has 0 aliphatic heterocycles. The first-order valence-electron chi connectivity index (χ1n) is 8.84. The van der Waals surface area contributed by atoms with Crippen LogP contribution in [0.2, 0.25) is 0 Å². The lowest BCUT2D eigenvalue weighted by Gasteiger charge is -2.10. The maximum absolute atomic E-state index is 12.7. The van der Waals surface area contributed by atoms with E-state index in [0.717, 1.165) is 35.9 Å². The summed E-state index contributed by atoms with van der Waals surface area (Å²) in [5.41, 5.74) is -0.492. The molecule has 0 aliphatic rings. The Kier molecular flexibility index (Phi) is 5.91. The fourth-order valence-corrected chi connectivity index (χ4v) is 2.66. The largest absolute Gasteiger partial charge is 0.422 e. The third-order valence-corrected chi connectivity index (χ3v) is 4.04. The first-order chi connectivity index (χ1) is 14.6. The van der Waals surface area contributed by atoms with Crippen molar-refractivity contribution in [3.8, 4) is 22.9 Å². The summed E-state index contributed by atoms with van der Waals surface area (Å²) in [6.07, 6.45) is -4.52. The second-order valence-corrected chi connectivity index (χ2v) is 6.35. The Morgan fingerprint density at radius 2 is 1.58 bits per heavy atom. The number of esters is 2. The normalized spacial score (nSPS) is 11.1. The van der Waals surface area contributed by atoms with Gasteiger partial charge in [0.1, 0.15) is 11.4 Å². The molecule has 160 valence electrons. The Morgan fingerprint density at radius 1 is 0.935 bits per heavy atom. The quantitative estimate of drug-likeness (QED) is 0.449. The molecule has 0 N–H and O–H groups in total. The number of para-hydroxylation sites is 1. The lowest BCUT2D eigenvalue weighted by molar-refractivity contribution is -0.137. The van der Waals surface area contributed by atoms with Gasteiger partial charge in [-0.15, -0.1) is 0 Å². The van der Waals surface area contributed by atoms with Crippen LogP contribution >= 0.6 is 0 Å². The van der Waals surface area contributed by atoms with Gasteiger partial charge in [-0.05, 0) is 36.4 Å². The minimum absolute atomic E-state index is 0.0509. The number of alkyl halides is 3. The highest BCUT2D eigenvalue weighted by Crippen LogP contribution is 2.33. The molecule has 0 atom stereocenters. The van der Waals surface area contributed by atoms with Crippen LogP contribution in [0.4, 0.5) is 13.2 Å². The molecule has 7 nitrogen and oxygen atoms in total. The number of carbonyl (C=O) groups excluding carboxylic acids is 3. The van der Waals surface area contributed by atoms with Crippen molar-refractivity contribution < 1.29 is 37.0 Å². The lowest BCUT2D eigenvalue weighted by atomic mass is 10.1. The van der Waals surface area contributed by atoms with Gasteiger partial charge < -0.3 is 9.47 Å². The Balaban J connectivity index is 1.91. The smallest absolute Gasteiger partial charge is 0.416 e. The molecule has 0 bridgehead atoms. The predicted octanol–water partition coefficient (Wildman–Crippen LogP) is 4.37. The highest BCUT2D eigenvalue weighted by molar-refractivity contribution is 5.92. The number of benzene rings is 2. The van der Waals surface area contributed by atoms with Crippen molar-refractivity contribution in [2.24, 2.45) is 0 Å². The van der Waals surface area contributed by atoms with Crippen molar-refractivity contribution in [1.29, 1.82) is 0 Å². The van der Waals surface area contributed by atoms with Crippen molar-refractivity contribution in [3.05, 3.63) is 65.7 Å². The van der Waals surface area contributed by atoms with E-state index in [9.17, 15) is 27.6 Å². The van der Waals surface area contributed by atoms with E-state index < -0.39 is 29.6 Å². The van der Waals surface area contributed by atoms with Crippen LogP contribution in [0.3, 0.4) is 0 Å². The molecular formula is C21H15F3N2O5. The summed E-state index contributed by atoms with van der Waals surface area (Å²) in [5, 5.41) is 4.09. The van der Waals surface area contributed by atoms with Gasteiger partial charge in [-0.1, -0.05) is 12.1 Å². The topological polar surface area (TPSA) is 87.5 Å². The highest BCUT2D eigenvalue weighted by atomic mass is 19.4. The zero-order valence-corrected chi connectivity index (χ0v) is 16.3. The van der Waals surface area contributed by atoms with Crippen LogP contribution in [0.1, 0.15) is 34.6 Å². The summed E-state index contributed by atoms with van der Waals surface area (Å²) in [7, 11) is 0. The van der Waals surface area contributed by atoms with Crippen LogP contribution in [-0.4, -0.2) is 27.6 Å². The number of aromatic nitrogens is 2. The zero-order valence-electron chi connectivity index (χ0n) is 16.3. The molecule has 0 amide bonds. The fourth-order valence-electron chi connectivity index (χ4n) is 2.66. The molecule has 1 aromatic heterocycles. The molecule has 0 saturated heterocycles. The monoisotopic (exact) mass is 432 g/mol. The number of hydrogen-bond acceptors (Lipinski definition) is 6. The number of rotatable bonds is 4. The van der Waals surface area contributed by atoms with Crippen molar-refractivity contribution in [1.82, 2.24) is 9.78 Å². The summed E-state index contributed by atoms with van der Waals surface area (Å²) >= 11 is 0. The minimum atomic E-state index is -4.52. The molecule has 0 saturated carbocycles. The first kappa shape index (κ1) is 21.8. The van der Waals surface area contributed by atoms with Crippen LogP contribution < -0.4 is 9.47 Å². The molecule has 0 unspecified atom stereocenters. The van der Waals surface area contributed by atoms with Crippen molar-refractivity contribution in [2.75, 3.05) is 0 Å². The number of hydrogen-bond donors (Lipinski definition) is 0. The molecule has 0 radical (unpaired) electrons. The molecule has 3 rings (SSSR count). The summed E-state index contributed by atoms with van der Waals surface area (Å²) in [6, 6.07) is 11.1. The van der Waals surface area contributed by atoms with Crippen LogP contribution in [0.15, 0.2) is 54.6 Å². The predicted molar refractivity (Wildman–Crippen MR) is 102 cm³/mol. The van der Waals surface area contributed by atoms with E-state index in [4.69, 9.17) is 9.47 Å². The van der Waals surface area contributed by atoms with Crippen molar-refractivity contribution in [3.63, 3.8) is 0 Å². The standard InChI is InChI=1S/C21H15F3N2O5/c1-12(27)26-19(30-13(2)28)11-17(25-26)16-5-3-4-6-18(16)31-20(29)14-7-9-15(10-8-14)21(22,23)24/h3-11H,1-2H3. The maximum Gasteiger partial charge on any atom is 0.416 e. The molecular weight excluding hydrogens is 417 g/mol. The minimum Gasteiger partial charge on any atom is -0.422 e. The Bertz CT molecular complexity index is 1150. The average Bonchev–Trinajstić information content (AvgIpc) is 3.11. The average molecular weight is 432 g/mol. The van der Waals surface area contributed by atoms with Gasteiger partial charge >= 0.3 is 18.1 Å². The molecule has 0 aliphatic carbocycles. The van der Waals surface area contributed by atoms with E-state index in [1.54, 1.807) is 18.2 Å². The van der Waals surface area contributed by atoms with Gasteiger partial charge in [-0.3, -0.25) is 9.59 Å². The van der Waals surface area contributed by atoms with E-state index in [2.05, 4.69) is 5.10 Å². The molecule has 2 aromatic carbocycles. The van der Waals surface area contributed by atoms with Gasteiger partial charge in [-0.2, -0.15) is 23.0 Å². The number of nitrogens with zero attached hydrogens (tertiary/aromatic N) is 2. The van der Waals surface area contributed by atoms with Gasteiger partial charge in [0.15, 0.2) is 0 Å². The fraction of sp³-hybridized carbons (Fsp3) is 0.143. The second kappa shape index (κ2) is 8.42. The summed E-state index contributed by atoms with van der Waals surface area (Å²) < 4.78 is 49.3. The number of carbonyl (C=O) groups is 3. The summed E-state index contributed by atoms with van der Waals surface area (Å²) in [6.45, 7) is 2.39. The number of ether oxygens (including phenoxy) is 2. The van der Waals surface area contributed by atoms with E-state index >= 15 is 0 Å². The third kappa shape index (κ3) is 4.97. The second-order valence-electron chi connectivity index (χ2n) is 6.35. The first-order valence-corrected chi connectivity index (χ1v) is 8.84.